The maximum absolute atomic E-state index is 12.3. The Morgan fingerprint density at radius 2 is 2.20 bits per heavy atom. The van der Waals surface area contributed by atoms with Gasteiger partial charge in [-0.3, -0.25) is 10.6 Å². The number of hydrogen-bond acceptors (Lipinski definition) is 4. The van der Waals surface area contributed by atoms with Crippen molar-refractivity contribution in [3.8, 4) is 0 Å². The van der Waals surface area contributed by atoms with Crippen LogP contribution >= 0.6 is 0 Å². The van der Waals surface area contributed by atoms with Crippen LogP contribution in [-0.4, -0.2) is 24.2 Å². The number of hydrogen-bond donors (Lipinski definition) is 3. The molecule has 1 atom stereocenters. The summed E-state index contributed by atoms with van der Waals surface area (Å²) >= 11 is 0. The first kappa shape index (κ1) is 14.8. The molecule has 20 heavy (non-hydrogen) atoms. The van der Waals surface area contributed by atoms with Gasteiger partial charge in [-0.25, -0.2) is 0 Å². The molecule has 0 saturated carbocycles. The zero-order valence-corrected chi connectivity index (χ0v) is 12.3. The van der Waals surface area contributed by atoms with Crippen molar-refractivity contribution in [3.05, 3.63) is 29.3 Å². The molecule has 1 saturated heterocycles. The van der Waals surface area contributed by atoms with E-state index in [1.54, 1.807) is 6.07 Å². The van der Waals surface area contributed by atoms with Crippen LogP contribution in [0.25, 0.3) is 0 Å². The van der Waals surface area contributed by atoms with Crippen LogP contribution in [0.3, 0.4) is 0 Å². The van der Waals surface area contributed by atoms with Crippen LogP contribution in [-0.2, 0) is 4.74 Å². The van der Waals surface area contributed by atoms with Crippen molar-refractivity contribution in [2.75, 3.05) is 12.0 Å². The van der Waals surface area contributed by atoms with Gasteiger partial charge in [-0.15, -0.1) is 0 Å². The van der Waals surface area contributed by atoms with Gasteiger partial charge in [-0.2, -0.15) is 0 Å². The fourth-order valence-corrected chi connectivity index (χ4v) is 2.59. The van der Waals surface area contributed by atoms with Crippen molar-refractivity contribution < 1.29 is 9.53 Å². The third-order valence-corrected chi connectivity index (χ3v) is 3.68. The molecule has 4 N–H and O–H groups in total. The fourth-order valence-electron chi connectivity index (χ4n) is 2.59. The largest absolute Gasteiger partial charge is 0.375 e. The molecule has 1 aromatic carbocycles. The van der Waals surface area contributed by atoms with Gasteiger partial charge in [-0.05, 0) is 57.4 Å². The topological polar surface area (TPSA) is 76.4 Å². The minimum absolute atomic E-state index is 0.0422. The minimum atomic E-state index is -0.167. The maximum Gasteiger partial charge on any atom is 0.251 e. The summed E-state index contributed by atoms with van der Waals surface area (Å²) in [5.74, 6) is 5.35. The number of benzene rings is 1. The van der Waals surface area contributed by atoms with E-state index in [1.807, 2.05) is 19.1 Å². The van der Waals surface area contributed by atoms with Crippen molar-refractivity contribution in [2.45, 2.75) is 45.3 Å². The van der Waals surface area contributed by atoms with Gasteiger partial charge in [0, 0.05) is 18.2 Å². The summed E-state index contributed by atoms with van der Waals surface area (Å²) in [6.45, 7) is 6.71. The first-order valence-electron chi connectivity index (χ1n) is 6.93. The summed E-state index contributed by atoms with van der Waals surface area (Å²) in [6.07, 6.45) is 1.69. The Balaban J connectivity index is 2.03. The number of carbonyl (C=O) groups is 1. The van der Waals surface area contributed by atoms with Crippen molar-refractivity contribution in [1.29, 1.82) is 0 Å². The molecule has 0 radical (unpaired) electrons. The quantitative estimate of drug-likeness (QED) is 0.583. The molecule has 1 heterocycles. The van der Waals surface area contributed by atoms with E-state index in [4.69, 9.17) is 10.6 Å². The zero-order chi connectivity index (χ0) is 14.8. The fraction of sp³-hybridized carbons (Fsp3) is 0.533. The van der Waals surface area contributed by atoms with E-state index in [1.165, 1.54) is 0 Å². The van der Waals surface area contributed by atoms with Gasteiger partial charge < -0.3 is 15.5 Å². The van der Waals surface area contributed by atoms with Crippen LogP contribution in [0.15, 0.2) is 18.2 Å². The van der Waals surface area contributed by atoms with E-state index in [-0.39, 0.29) is 17.6 Å². The molecule has 0 spiro atoms. The van der Waals surface area contributed by atoms with Crippen molar-refractivity contribution in [1.82, 2.24) is 5.32 Å². The molecule has 110 valence electrons. The molecule has 0 aliphatic carbocycles. The summed E-state index contributed by atoms with van der Waals surface area (Å²) in [5, 5.41) is 3.08. The van der Waals surface area contributed by atoms with Crippen LogP contribution < -0.4 is 16.6 Å². The normalized spacial score (nSPS) is 21.3. The van der Waals surface area contributed by atoms with Crippen LogP contribution in [0, 0.1) is 6.92 Å². The molecule has 1 amide bonds. The van der Waals surface area contributed by atoms with Crippen molar-refractivity contribution in [2.24, 2.45) is 5.84 Å². The van der Waals surface area contributed by atoms with E-state index < -0.39 is 0 Å². The van der Waals surface area contributed by atoms with E-state index in [9.17, 15) is 4.79 Å². The second-order valence-electron chi connectivity index (χ2n) is 5.95. The molecule has 0 bridgehead atoms. The van der Waals surface area contributed by atoms with E-state index >= 15 is 0 Å². The van der Waals surface area contributed by atoms with Gasteiger partial charge in [0.15, 0.2) is 0 Å². The molecule has 5 heteroatoms. The van der Waals surface area contributed by atoms with Gasteiger partial charge in [0.1, 0.15) is 0 Å². The smallest absolute Gasteiger partial charge is 0.251 e. The Hall–Kier alpha value is -1.59. The average molecular weight is 277 g/mol. The van der Waals surface area contributed by atoms with Gasteiger partial charge >= 0.3 is 0 Å². The van der Waals surface area contributed by atoms with Crippen LogP contribution in [0.2, 0.25) is 0 Å². The lowest BCUT2D eigenvalue weighted by Gasteiger charge is -2.35. The molecule has 1 aliphatic heterocycles. The standard InChI is InChI=1S/C15H23N3O2/c1-10-8-11(4-5-13(10)18-16)14(19)17-12-6-7-20-15(2,3)9-12/h4-5,8,12,18H,6-7,9,16H2,1-3H3,(H,17,19). The average Bonchev–Trinajstić information content (AvgIpc) is 2.37. The summed E-state index contributed by atoms with van der Waals surface area (Å²) in [6, 6.07) is 5.61. The summed E-state index contributed by atoms with van der Waals surface area (Å²) in [5.41, 5.74) is 4.88. The highest BCUT2D eigenvalue weighted by Gasteiger charge is 2.29. The molecule has 0 aromatic heterocycles. The second-order valence-corrected chi connectivity index (χ2v) is 5.95. The lowest BCUT2D eigenvalue weighted by Crippen LogP contribution is -2.45. The summed E-state index contributed by atoms with van der Waals surface area (Å²) in [7, 11) is 0. The zero-order valence-electron chi connectivity index (χ0n) is 12.3. The highest BCUT2D eigenvalue weighted by Crippen LogP contribution is 2.24. The second kappa shape index (κ2) is 5.81. The predicted molar refractivity (Wildman–Crippen MR) is 79.5 cm³/mol. The lowest BCUT2D eigenvalue weighted by molar-refractivity contribution is -0.0615. The first-order chi connectivity index (χ1) is 9.41. The van der Waals surface area contributed by atoms with E-state index in [0.717, 1.165) is 24.1 Å². The number of nitrogens with one attached hydrogen (secondary N) is 2. The summed E-state index contributed by atoms with van der Waals surface area (Å²) < 4.78 is 5.66. The first-order valence-corrected chi connectivity index (χ1v) is 6.93. The number of nitrogens with two attached hydrogens (primary N) is 1. The molecule has 5 nitrogen and oxygen atoms in total. The third-order valence-electron chi connectivity index (χ3n) is 3.68. The molecule has 1 aliphatic rings. The minimum Gasteiger partial charge on any atom is -0.375 e. The van der Waals surface area contributed by atoms with Crippen molar-refractivity contribution >= 4 is 11.6 Å². The van der Waals surface area contributed by atoms with Crippen LogP contribution in [0.1, 0.15) is 42.6 Å². The van der Waals surface area contributed by atoms with E-state index in [0.29, 0.717) is 12.2 Å². The molecule has 1 unspecified atom stereocenters. The predicted octanol–water partition coefficient (Wildman–Crippen LogP) is 1.97. The molecule has 2 rings (SSSR count). The molecular weight excluding hydrogens is 254 g/mol. The van der Waals surface area contributed by atoms with Crippen LogP contribution in [0.4, 0.5) is 5.69 Å². The number of aryl methyl sites for hydroxylation is 1. The van der Waals surface area contributed by atoms with Gasteiger partial charge in [-0.1, -0.05) is 0 Å². The lowest BCUT2D eigenvalue weighted by atomic mass is 9.93. The number of amides is 1. The molecule has 1 aromatic rings. The Labute approximate surface area is 119 Å². The number of carbonyl (C=O) groups excluding carboxylic acids is 1. The van der Waals surface area contributed by atoms with Gasteiger partial charge in [0.05, 0.1) is 11.3 Å². The third kappa shape index (κ3) is 3.49. The van der Waals surface area contributed by atoms with Gasteiger partial charge in [0.25, 0.3) is 5.91 Å². The Bertz CT molecular complexity index is 500. The Morgan fingerprint density at radius 1 is 1.45 bits per heavy atom. The molecule has 1 fully saturated rings. The van der Waals surface area contributed by atoms with Crippen LogP contribution in [0.5, 0.6) is 0 Å². The summed E-state index contributed by atoms with van der Waals surface area (Å²) in [4.78, 5) is 12.3. The number of rotatable bonds is 3. The number of hydrazine groups is 1. The van der Waals surface area contributed by atoms with Gasteiger partial charge in [0.2, 0.25) is 0 Å². The number of nitrogen functional groups attached to an aromatic ring is 1. The Kier molecular flexibility index (Phi) is 4.30. The maximum atomic E-state index is 12.3. The number of ether oxygens (including phenoxy) is 1. The highest BCUT2D eigenvalue weighted by molar-refractivity contribution is 5.95. The number of anilines is 1. The van der Waals surface area contributed by atoms with E-state index in [2.05, 4.69) is 24.6 Å². The Morgan fingerprint density at radius 3 is 2.80 bits per heavy atom. The SMILES string of the molecule is Cc1cc(C(=O)NC2CCOC(C)(C)C2)ccc1NN. The monoisotopic (exact) mass is 277 g/mol. The van der Waals surface area contributed by atoms with Crippen molar-refractivity contribution in [3.63, 3.8) is 0 Å². The molecular formula is C15H23N3O2. The highest BCUT2D eigenvalue weighted by atomic mass is 16.5.